The maximum Gasteiger partial charge on any atom is 0.225 e. The third-order valence-corrected chi connectivity index (χ3v) is 4.23. The molecule has 6 nitrogen and oxygen atoms in total. The lowest BCUT2D eigenvalue weighted by Gasteiger charge is -2.31. The Kier molecular flexibility index (Phi) is 8.26. The molecule has 0 aromatic rings. The summed E-state index contributed by atoms with van der Waals surface area (Å²) in [7, 11) is 1.59. The average Bonchev–Trinajstić information content (AvgIpc) is 3.02. The van der Waals surface area contributed by atoms with E-state index in [4.69, 9.17) is 4.74 Å². The van der Waals surface area contributed by atoms with E-state index in [1.807, 2.05) is 6.92 Å². The van der Waals surface area contributed by atoms with Crippen molar-refractivity contribution in [2.75, 3.05) is 20.2 Å². The molecule has 0 saturated carbocycles. The molecule has 1 aliphatic heterocycles. The summed E-state index contributed by atoms with van der Waals surface area (Å²) in [5, 5.41) is 2.89. The number of aliphatic imine (C=N–C) groups is 1. The van der Waals surface area contributed by atoms with Gasteiger partial charge in [0.15, 0.2) is 0 Å². The van der Waals surface area contributed by atoms with Crippen molar-refractivity contribution in [1.82, 2.24) is 10.2 Å². The van der Waals surface area contributed by atoms with Crippen LogP contribution in [0, 0.1) is 5.92 Å². The van der Waals surface area contributed by atoms with Crippen molar-refractivity contribution in [3.05, 3.63) is 24.4 Å². The molecular weight excluding hydrogens is 294 g/mol. The van der Waals surface area contributed by atoms with Crippen LogP contribution < -0.4 is 5.32 Å². The Balaban J connectivity index is 2.56. The summed E-state index contributed by atoms with van der Waals surface area (Å²) < 4.78 is 5.52. The van der Waals surface area contributed by atoms with Gasteiger partial charge in [0.25, 0.3) is 0 Å². The molecule has 2 amide bonds. The lowest BCUT2D eigenvalue weighted by molar-refractivity contribution is -0.133. The Labute approximate surface area is 138 Å². The Bertz CT molecular complexity index is 462. The van der Waals surface area contributed by atoms with Crippen molar-refractivity contribution in [3.8, 4) is 0 Å². The molecule has 1 saturated heterocycles. The first kappa shape index (κ1) is 19.1. The van der Waals surface area contributed by atoms with E-state index in [0.29, 0.717) is 13.0 Å². The summed E-state index contributed by atoms with van der Waals surface area (Å²) in [4.78, 5) is 29.0. The Hall–Kier alpha value is -1.95. The number of carbonyl (C=O) groups is 2. The van der Waals surface area contributed by atoms with Gasteiger partial charge in [-0.3, -0.25) is 14.6 Å². The van der Waals surface area contributed by atoms with Crippen LogP contribution in [0.5, 0.6) is 0 Å². The molecule has 128 valence electrons. The number of ether oxygens (including phenoxy) is 1. The molecule has 0 bridgehead atoms. The third-order valence-electron chi connectivity index (χ3n) is 4.23. The molecule has 1 heterocycles. The van der Waals surface area contributed by atoms with Crippen molar-refractivity contribution in [1.29, 1.82) is 0 Å². The van der Waals surface area contributed by atoms with E-state index in [9.17, 15) is 9.59 Å². The molecule has 23 heavy (non-hydrogen) atoms. The van der Waals surface area contributed by atoms with E-state index in [1.165, 1.54) is 0 Å². The first-order valence-electron chi connectivity index (χ1n) is 7.88. The minimum Gasteiger partial charge on any atom is -0.378 e. The molecule has 3 unspecified atom stereocenters. The van der Waals surface area contributed by atoms with E-state index in [2.05, 4.69) is 23.6 Å². The third kappa shape index (κ3) is 5.32. The van der Waals surface area contributed by atoms with Crippen LogP contribution in [0.25, 0.3) is 0 Å². The second kappa shape index (κ2) is 9.94. The number of amides is 2. The highest BCUT2D eigenvalue weighted by Crippen LogP contribution is 2.25. The molecule has 0 radical (unpaired) electrons. The van der Waals surface area contributed by atoms with Gasteiger partial charge in [0.2, 0.25) is 12.3 Å². The second-order valence-electron chi connectivity index (χ2n) is 5.63. The number of hydrogen-bond donors (Lipinski definition) is 1. The van der Waals surface area contributed by atoms with E-state index >= 15 is 0 Å². The van der Waals surface area contributed by atoms with Crippen LogP contribution in [0.15, 0.2) is 29.4 Å². The van der Waals surface area contributed by atoms with Crippen LogP contribution in [-0.4, -0.2) is 56.3 Å². The van der Waals surface area contributed by atoms with Gasteiger partial charge in [-0.05, 0) is 25.6 Å². The SMILES string of the molecule is C=C/C=C(/CCNC(=O)C(C)C(OC)C1CCCN1C=O)N=C. The standard InChI is InChI=1S/C17H27N3O3/c1-5-7-14(18-3)9-10-19-17(22)13(2)16(23-4)15-8-6-11-20(15)12-21/h5,7,12-13,15-16H,1,3,6,8-11H2,2,4H3,(H,19,22)/b14-7-. The fourth-order valence-corrected chi connectivity index (χ4v) is 2.97. The Morgan fingerprint density at radius 2 is 2.30 bits per heavy atom. The summed E-state index contributed by atoms with van der Waals surface area (Å²) in [5.74, 6) is -0.425. The molecule has 6 heteroatoms. The average molecular weight is 321 g/mol. The summed E-state index contributed by atoms with van der Waals surface area (Å²) >= 11 is 0. The molecular formula is C17H27N3O3. The van der Waals surface area contributed by atoms with E-state index in [-0.39, 0.29) is 24.0 Å². The summed E-state index contributed by atoms with van der Waals surface area (Å²) in [6.45, 7) is 10.1. The number of likely N-dealkylation sites (tertiary alicyclic amines) is 1. The fraction of sp³-hybridized carbons (Fsp3) is 0.588. The Morgan fingerprint density at radius 3 is 2.87 bits per heavy atom. The monoisotopic (exact) mass is 321 g/mol. The second-order valence-corrected chi connectivity index (χ2v) is 5.63. The molecule has 1 aliphatic rings. The lowest BCUT2D eigenvalue weighted by Crippen LogP contribution is -2.47. The van der Waals surface area contributed by atoms with Gasteiger partial charge >= 0.3 is 0 Å². The van der Waals surface area contributed by atoms with Gasteiger partial charge in [0.05, 0.1) is 18.1 Å². The van der Waals surface area contributed by atoms with E-state index in [1.54, 1.807) is 24.2 Å². The van der Waals surface area contributed by atoms with E-state index in [0.717, 1.165) is 31.5 Å². The van der Waals surface area contributed by atoms with Crippen LogP contribution in [0.4, 0.5) is 0 Å². The van der Waals surface area contributed by atoms with Crippen molar-refractivity contribution in [3.63, 3.8) is 0 Å². The predicted molar refractivity (Wildman–Crippen MR) is 91.2 cm³/mol. The molecule has 3 atom stereocenters. The quantitative estimate of drug-likeness (QED) is 0.377. The molecule has 0 aromatic carbocycles. The van der Waals surface area contributed by atoms with Crippen molar-refractivity contribution in [2.45, 2.75) is 38.3 Å². The number of nitrogens with one attached hydrogen (secondary N) is 1. The van der Waals surface area contributed by atoms with Crippen LogP contribution in [0.2, 0.25) is 0 Å². The normalized spacial score (nSPS) is 20.7. The van der Waals surface area contributed by atoms with Crippen molar-refractivity contribution >= 4 is 19.0 Å². The molecule has 0 aromatic heterocycles. The predicted octanol–water partition coefficient (Wildman–Crippen LogP) is 1.54. The van der Waals surface area contributed by atoms with Crippen molar-refractivity contribution in [2.24, 2.45) is 10.9 Å². The first-order valence-corrected chi connectivity index (χ1v) is 7.88. The van der Waals surface area contributed by atoms with Crippen LogP contribution in [-0.2, 0) is 14.3 Å². The molecule has 0 spiro atoms. The molecule has 0 aliphatic carbocycles. The zero-order valence-electron chi connectivity index (χ0n) is 14.0. The highest BCUT2D eigenvalue weighted by Gasteiger charge is 2.36. The summed E-state index contributed by atoms with van der Waals surface area (Å²) in [6.07, 6.45) is 6.35. The number of hydrogen-bond acceptors (Lipinski definition) is 4. The number of rotatable bonds is 10. The fourth-order valence-electron chi connectivity index (χ4n) is 2.97. The van der Waals surface area contributed by atoms with Gasteiger partial charge in [-0.15, -0.1) is 0 Å². The minimum atomic E-state index is -0.339. The minimum absolute atomic E-state index is 0.0377. The van der Waals surface area contributed by atoms with Gasteiger partial charge < -0.3 is 15.0 Å². The number of methoxy groups -OCH3 is 1. The maximum atomic E-state index is 12.3. The lowest BCUT2D eigenvalue weighted by atomic mass is 9.95. The molecule has 1 rings (SSSR count). The summed E-state index contributed by atoms with van der Waals surface area (Å²) in [6, 6.07) is -0.0377. The van der Waals surface area contributed by atoms with Gasteiger partial charge in [-0.2, -0.15) is 0 Å². The van der Waals surface area contributed by atoms with Crippen LogP contribution >= 0.6 is 0 Å². The smallest absolute Gasteiger partial charge is 0.225 e. The molecule has 1 N–H and O–H groups in total. The van der Waals surface area contributed by atoms with Gasteiger partial charge in [-0.1, -0.05) is 19.6 Å². The van der Waals surface area contributed by atoms with Crippen LogP contribution in [0.1, 0.15) is 26.2 Å². The molecule has 1 fully saturated rings. The number of nitrogens with zero attached hydrogens (tertiary/aromatic N) is 2. The zero-order chi connectivity index (χ0) is 17.2. The van der Waals surface area contributed by atoms with E-state index < -0.39 is 0 Å². The number of allylic oxidation sites excluding steroid dienone is 2. The largest absolute Gasteiger partial charge is 0.378 e. The van der Waals surface area contributed by atoms with Gasteiger partial charge in [0.1, 0.15) is 0 Å². The van der Waals surface area contributed by atoms with Crippen LogP contribution in [0.3, 0.4) is 0 Å². The Morgan fingerprint density at radius 1 is 1.57 bits per heavy atom. The van der Waals surface area contributed by atoms with Gasteiger partial charge in [-0.25, -0.2) is 0 Å². The topological polar surface area (TPSA) is 71.0 Å². The highest BCUT2D eigenvalue weighted by atomic mass is 16.5. The van der Waals surface area contributed by atoms with Crippen molar-refractivity contribution < 1.29 is 14.3 Å². The highest BCUT2D eigenvalue weighted by molar-refractivity contribution is 5.79. The summed E-state index contributed by atoms with van der Waals surface area (Å²) in [5.41, 5.74) is 0.777. The maximum absolute atomic E-state index is 12.3. The first-order chi connectivity index (χ1) is 11.1. The zero-order valence-corrected chi connectivity index (χ0v) is 14.0. The van der Waals surface area contributed by atoms with Gasteiger partial charge in [0, 0.05) is 32.3 Å². The number of carbonyl (C=O) groups excluding carboxylic acids is 2.